The lowest BCUT2D eigenvalue weighted by Gasteiger charge is -2.17. The summed E-state index contributed by atoms with van der Waals surface area (Å²) < 4.78 is 10.7. The highest BCUT2D eigenvalue weighted by Gasteiger charge is 2.16. The number of aromatic nitrogens is 2. The third-order valence-corrected chi connectivity index (χ3v) is 4.14. The monoisotopic (exact) mass is 362 g/mol. The fourth-order valence-corrected chi connectivity index (χ4v) is 2.79. The van der Waals surface area contributed by atoms with E-state index in [0.29, 0.717) is 29.6 Å². The number of nitrogens with one attached hydrogen (secondary N) is 1. The second-order valence-electron chi connectivity index (χ2n) is 6.13. The number of carbonyl (C=O) groups excluding carboxylic acids is 1. The Balaban J connectivity index is 1.47. The zero-order valence-corrected chi connectivity index (χ0v) is 14.8. The average Bonchev–Trinajstić information content (AvgIpc) is 3.16. The lowest BCUT2D eigenvalue weighted by Crippen LogP contribution is -2.27. The van der Waals surface area contributed by atoms with Gasteiger partial charge in [0.25, 0.3) is 5.91 Å². The van der Waals surface area contributed by atoms with Gasteiger partial charge in [-0.2, -0.15) is 0 Å². The number of fused-ring (bicyclic) bond motifs is 1. The minimum Gasteiger partial charge on any atom is -0.454 e. The second-order valence-corrected chi connectivity index (χ2v) is 6.13. The van der Waals surface area contributed by atoms with Crippen LogP contribution in [-0.2, 0) is 6.54 Å². The van der Waals surface area contributed by atoms with Crippen LogP contribution >= 0.6 is 0 Å². The molecule has 0 fully saturated rings. The van der Waals surface area contributed by atoms with Gasteiger partial charge in [0, 0.05) is 31.4 Å². The molecular weight excluding hydrogens is 344 g/mol. The molecule has 0 saturated heterocycles. The van der Waals surface area contributed by atoms with E-state index in [0.717, 1.165) is 11.3 Å². The highest BCUT2D eigenvalue weighted by atomic mass is 16.7. The van der Waals surface area contributed by atoms with E-state index in [1.807, 2.05) is 48.5 Å². The minimum atomic E-state index is -0.171. The van der Waals surface area contributed by atoms with Gasteiger partial charge in [0.1, 0.15) is 17.8 Å². The third kappa shape index (κ3) is 3.82. The third-order valence-electron chi connectivity index (χ3n) is 4.14. The minimum absolute atomic E-state index is 0.171. The van der Waals surface area contributed by atoms with E-state index in [-0.39, 0.29) is 12.7 Å². The van der Waals surface area contributed by atoms with Crippen LogP contribution in [0, 0.1) is 0 Å². The van der Waals surface area contributed by atoms with Crippen molar-refractivity contribution >= 4 is 17.4 Å². The number of carbonyl (C=O) groups is 1. The molecule has 27 heavy (non-hydrogen) atoms. The first-order valence-electron chi connectivity index (χ1n) is 8.47. The van der Waals surface area contributed by atoms with Crippen LogP contribution in [0.1, 0.15) is 16.1 Å². The van der Waals surface area contributed by atoms with Crippen molar-refractivity contribution in [1.82, 2.24) is 14.9 Å². The van der Waals surface area contributed by atoms with E-state index in [4.69, 9.17) is 9.47 Å². The van der Waals surface area contributed by atoms with Gasteiger partial charge in [-0.3, -0.25) is 4.79 Å². The van der Waals surface area contributed by atoms with Crippen LogP contribution in [0.5, 0.6) is 11.5 Å². The molecule has 2 aromatic carbocycles. The number of nitrogens with zero attached hydrogens (tertiary/aromatic N) is 3. The predicted molar refractivity (Wildman–Crippen MR) is 100 cm³/mol. The van der Waals surface area contributed by atoms with Crippen molar-refractivity contribution in [3.8, 4) is 11.5 Å². The lowest BCUT2D eigenvalue weighted by molar-refractivity contribution is 0.0779. The number of rotatable bonds is 5. The molecule has 0 spiro atoms. The molecule has 0 bridgehead atoms. The van der Waals surface area contributed by atoms with Gasteiger partial charge >= 0.3 is 0 Å². The quantitative estimate of drug-likeness (QED) is 0.751. The number of ether oxygens (including phenoxy) is 2. The molecule has 1 aliphatic heterocycles. The van der Waals surface area contributed by atoms with E-state index >= 15 is 0 Å². The lowest BCUT2D eigenvalue weighted by atomic mass is 10.2. The first kappa shape index (κ1) is 16.8. The number of anilines is 2. The first-order chi connectivity index (χ1) is 13.2. The molecule has 1 amide bonds. The molecule has 136 valence electrons. The van der Waals surface area contributed by atoms with E-state index in [1.165, 1.54) is 6.33 Å². The zero-order chi connectivity index (χ0) is 18.6. The molecule has 0 radical (unpaired) electrons. The molecule has 4 rings (SSSR count). The summed E-state index contributed by atoms with van der Waals surface area (Å²) in [4.78, 5) is 22.6. The SMILES string of the molecule is CN(Cc1ccccc1)C(=O)c1cc(Nc2ccc3c(c2)OCO3)ncn1. The van der Waals surface area contributed by atoms with Crippen molar-refractivity contribution in [3.05, 3.63) is 72.2 Å². The number of amides is 1. The van der Waals surface area contributed by atoms with Gasteiger partial charge in [0.2, 0.25) is 6.79 Å². The van der Waals surface area contributed by atoms with Crippen molar-refractivity contribution in [2.45, 2.75) is 6.54 Å². The summed E-state index contributed by atoms with van der Waals surface area (Å²) in [5.74, 6) is 1.74. The summed E-state index contributed by atoms with van der Waals surface area (Å²) in [5, 5.41) is 3.16. The molecule has 0 aliphatic carbocycles. The molecule has 1 aliphatic rings. The summed E-state index contributed by atoms with van der Waals surface area (Å²) in [6.07, 6.45) is 1.37. The largest absolute Gasteiger partial charge is 0.454 e. The first-order valence-corrected chi connectivity index (χ1v) is 8.47. The molecule has 3 aromatic rings. The smallest absolute Gasteiger partial charge is 0.272 e. The van der Waals surface area contributed by atoms with Crippen LogP contribution in [-0.4, -0.2) is 34.6 Å². The summed E-state index contributed by atoms with van der Waals surface area (Å²) in [6, 6.07) is 17.0. The number of benzene rings is 2. The van der Waals surface area contributed by atoms with Crippen LogP contribution in [0.4, 0.5) is 11.5 Å². The van der Waals surface area contributed by atoms with Gasteiger partial charge in [0.05, 0.1) is 0 Å². The highest BCUT2D eigenvalue weighted by molar-refractivity contribution is 5.92. The van der Waals surface area contributed by atoms with Crippen molar-refractivity contribution in [2.75, 3.05) is 19.2 Å². The van der Waals surface area contributed by atoms with E-state index < -0.39 is 0 Å². The Morgan fingerprint density at radius 3 is 2.74 bits per heavy atom. The fourth-order valence-electron chi connectivity index (χ4n) is 2.79. The normalized spacial score (nSPS) is 11.9. The Kier molecular flexibility index (Phi) is 4.57. The summed E-state index contributed by atoms with van der Waals surface area (Å²) in [7, 11) is 1.75. The molecular formula is C20H18N4O3. The van der Waals surface area contributed by atoms with Crippen molar-refractivity contribution < 1.29 is 14.3 Å². The maximum absolute atomic E-state index is 12.7. The van der Waals surface area contributed by atoms with E-state index in [1.54, 1.807) is 18.0 Å². The summed E-state index contributed by atoms with van der Waals surface area (Å²) in [5.41, 5.74) is 2.17. The molecule has 0 unspecified atom stereocenters. The second kappa shape index (κ2) is 7.33. The molecule has 7 nitrogen and oxygen atoms in total. The van der Waals surface area contributed by atoms with Gasteiger partial charge in [-0.15, -0.1) is 0 Å². The molecule has 1 N–H and O–H groups in total. The van der Waals surface area contributed by atoms with Crippen LogP contribution in [0.3, 0.4) is 0 Å². The van der Waals surface area contributed by atoms with Crippen molar-refractivity contribution in [2.24, 2.45) is 0 Å². The Morgan fingerprint density at radius 1 is 1.07 bits per heavy atom. The Labute approximate surface area is 156 Å². The van der Waals surface area contributed by atoms with Crippen LogP contribution < -0.4 is 14.8 Å². The Hall–Kier alpha value is -3.61. The van der Waals surface area contributed by atoms with Gasteiger partial charge in [0.15, 0.2) is 11.5 Å². The Morgan fingerprint density at radius 2 is 1.89 bits per heavy atom. The fraction of sp³-hybridized carbons (Fsp3) is 0.150. The molecule has 1 aromatic heterocycles. The number of hydrogen-bond donors (Lipinski definition) is 1. The standard InChI is InChI=1S/C20H18N4O3/c1-24(11-14-5-3-2-4-6-14)20(25)16-10-19(22-12-21-16)23-15-7-8-17-18(9-15)27-13-26-17/h2-10,12H,11,13H2,1H3,(H,21,22,23). The molecule has 2 heterocycles. The zero-order valence-electron chi connectivity index (χ0n) is 14.8. The summed E-state index contributed by atoms with van der Waals surface area (Å²) >= 11 is 0. The van der Waals surface area contributed by atoms with Gasteiger partial charge in [-0.1, -0.05) is 30.3 Å². The van der Waals surface area contributed by atoms with Crippen molar-refractivity contribution in [3.63, 3.8) is 0 Å². The molecule has 7 heteroatoms. The maximum atomic E-state index is 12.7. The maximum Gasteiger partial charge on any atom is 0.272 e. The highest BCUT2D eigenvalue weighted by Crippen LogP contribution is 2.34. The Bertz CT molecular complexity index is 962. The van der Waals surface area contributed by atoms with Crippen LogP contribution in [0.25, 0.3) is 0 Å². The van der Waals surface area contributed by atoms with Gasteiger partial charge < -0.3 is 19.7 Å². The predicted octanol–water partition coefficient (Wildman–Crippen LogP) is 3.22. The van der Waals surface area contributed by atoms with Crippen LogP contribution in [0.2, 0.25) is 0 Å². The van der Waals surface area contributed by atoms with Crippen molar-refractivity contribution in [1.29, 1.82) is 0 Å². The average molecular weight is 362 g/mol. The molecule has 0 atom stereocenters. The van der Waals surface area contributed by atoms with Crippen LogP contribution in [0.15, 0.2) is 60.9 Å². The number of hydrogen-bond acceptors (Lipinski definition) is 6. The van der Waals surface area contributed by atoms with Gasteiger partial charge in [-0.25, -0.2) is 9.97 Å². The molecule has 0 saturated carbocycles. The van der Waals surface area contributed by atoms with E-state index in [2.05, 4.69) is 15.3 Å². The van der Waals surface area contributed by atoms with Gasteiger partial charge in [-0.05, 0) is 17.7 Å². The topological polar surface area (TPSA) is 76.6 Å². The summed E-state index contributed by atoms with van der Waals surface area (Å²) in [6.45, 7) is 0.729. The van der Waals surface area contributed by atoms with E-state index in [9.17, 15) is 4.79 Å².